The maximum atomic E-state index is 12.7. The van der Waals surface area contributed by atoms with Gasteiger partial charge in [-0.25, -0.2) is 4.98 Å². The summed E-state index contributed by atoms with van der Waals surface area (Å²) in [5.74, 6) is 0. The van der Waals surface area contributed by atoms with E-state index in [-0.39, 0.29) is 0 Å². The van der Waals surface area contributed by atoms with E-state index in [4.69, 9.17) is 4.74 Å². The first kappa shape index (κ1) is 17.7. The van der Waals surface area contributed by atoms with Gasteiger partial charge in [0, 0.05) is 26.4 Å². The van der Waals surface area contributed by atoms with Crippen LogP contribution < -0.4 is 0 Å². The number of alkyl halides is 3. The SMILES string of the molecule is C[Si](C)(C)CCOCn1cnc(-c2cccc(C(F)(F)F)c2)c1. The molecule has 0 atom stereocenters. The van der Waals surface area contributed by atoms with Gasteiger partial charge < -0.3 is 9.30 Å². The van der Waals surface area contributed by atoms with Crippen LogP contribution in [0.2, 0.25) is 25.7 Å². The molecule has 7 heteroatoms. The molecule has 1 aromatic carbocycles. The van der Waals surface area contributed by atoms with Gasteiger partial charge in [-0.1, -0.05) is 31.8 Å². The van der Waals surface area contributed by atoms with Crippen molar-refractivity contribution in [3.8, 4) is 11.3 Å². The lowest BCUT2D eigenvalue weighted by Gasteiger charge is -2.15. The lowest BCUT2D eigenvalue weighted by atomic mass is 10.1. The van der Waals surface area contributed by atoms with Crippen molar-refractivity contribution in [3.63, 3.8) is 0 Å². The second-order valence-corrected chi connectivity index (χ2v) is 12.3. The standard InChI is InChI=1S/C16H21F3N2OSi/c1-23(2,3)8-7-22-12-21-10-15(20-11-21)13-5-4-6-14(9-13)16(17,18)19/h4-6,9-11H,7-8,12H2,1-3H3. The van der Waals surface area contributed by atoms with Crippen molar-refractivity contribution in [2.75, 3.05) is 6.61 Å². The third kappa shape index (κ3) is 5.51. The van der Waals surface area contributed by atoms with E-state index in [0.717, 1.165) is 18.2 Å². The fourth-order valence-corrected chi connectivity index (χ4v) is 2.74. The van der Waals surface area contributed by atoms with E-state index >= 15 is 0 Å². The number of rotatable bonds is 6. The Balaban J connectivity index is 1.99. The second-order valence-electron chi connectivity index (χ2n) is 6.70. The molecule has 1 heterocycles. The molecule has 23 heavy (non-hydrogen) atoms. The highest BCUT2D eigenvalue weighted by molar-refractivity contribution is 6.76. The van der Waals surface area contributed by atoms with Gasteiger partial charge in [-0.05, 0) is 18.2 Å². The first-order chi connectivity index (χ1) is 10.6. The van der Waals surface area contributed by atoms with E-state index in [2.05, 4.69) is 24.6 Å². The molecule has 0 fully saturated rings. The molecular formula is C16H21F3N2OSi. The molecule has 2 aromatic rings. The van der Waals surface area contributed by atoms with Crippen LogP contribution in [0.15, 0.2) is 36.8 Å². The zero-order valence-electron chi connectivity index (χ0n) is 13.5. The number of nitrogens with zero attached hydrogens (tertiary/aromatic N) is 2. The summed E-state index contributed by atoms with van der Waals surface area (Å²) < 4.78 is 45.6. The van der Waals surface area contributed by atoms with E-state index in [1.165, 1.54) is 6.07 Å². The summed E-state index contributed by atoms with van der Waals surface area (Å²) in [6, 6.07) is 6.25. The molecule has 126 valence electrons. The van der Waals surface area contributed by atoms with Crippen molar-refractivity contribution < 1.29 is 17.9 Å². The van der Waals surface area contributed by atoms with Crippen molar-refractivity contribution >= 4 is 8.07 Å². The third-order valence-electron chi connectivity index (χ3n) is 3.36. The maximum Gasteiger partial charge on any atom is 0.416 e. The van der Waals surface area contributed by atoms with Gasteiger partial charge in [-0.3, -0.25) is 0 Å². The molecule has 0 N–H and O–H groups in total. The van der Waals surface area contributed by atoms with Crippen molar-refractivity contribution in [1.29, 1.82) is 0 Å². The van der Waals surface area contributed by atoms with Crippen LogP contribution in [0.4, 0.5) is 13.2 Å². The van der Waals surface area contributed by atoms with Gasteiger partial charge in [0.2, 0.25) is 0 Å². The highest BCUT2D eigenvalue weighted by Gasteiger charge is 2.30. The number of halogens is 3. The average molecular weight is 342 g/mol. The van der Waals surface area contributed by atoms with Gasteiger partial charge in [-0.15, -0.1) is 0 Å². The van der Waals surface area contributed by atoms with Crippen LogP contribution in [0, 0.1) is 0 Å². The first-order valence-electron chi connectivity index (χ1n) is 7.42. The summed E-state index contributed by atoms with van der Waals surface area (Å²) in [5.41, 5.74) is 0.279. The number of aromatic nitrogens is 2. The van der Waals surface area contributed by atoms with Crippen LogP contribution in [0.3, 0.4) is 0 Å². The molecule has 0 spiro atoms. The molecular weight excluding hydrogens is 321 g/mol. The van der Waals surface area contributed by atoms with E-state index in [1.54, 1.807) is 23.2 Å². The number of hydrogen-bond acceptors (Lipinski definition) is 2. The first-order valence-corrected chi connectivity index (χ1v) is 11.1. The minimum atomic E-state index is -4.35. The summed E-state index contributed by atoms with van der Waals surface area (Å²) >= 11 is 0. The number of hydrogen-bond donors (Lipinski definition) is 0. The zero-order valence-corrected chi connectivity index (χ0v) is 14.5. The minimum Gasteiger partial charge on any atom is -0.361 e. The van der Waals surface area contributed by atoms with Gasteiger partial charge in [0.25, 0.3) is 0 Å². The summed E-state index contributed by atoms with van der Waals surface area (Å²) in [4.78, 5) is 4.16. The smallest absolute Gasteiger partial charge is 0.361 e. The summed E-state index contributed by atoms with van der Waals surface area (Å²) in [7, 11) is -1.12. The van der Waals surface area contributed by atoms with Crippen molar-refractivity contribution in [1.82, 2.24) is 9.55 Å². The van der Waals surface area contributed by atoms with Crippen molar-refractivity contribution in [3.05, 3.63) is 42.4 Å². The molecule has 0 saturated carbocycles. The number of imidazole rings is 1. The molecule has 0 radical (unpaired) electrons. The van der Waals surface area contributed by atoms with Crippen LogP contribution >= 0.6 is 0 Å². The van der Waals surface area contributed by atoms with Gasteiger partial charge in [0.1, 0.15) is 6.73 Å². The largest absolute Gasteiger partial charge is 0.416 e. The summed E-state index contributed by atoms with van der Waals surface area (Å²) in [5, 5.41) is 0. The molecule has 0 saturated heterocycles. The van der Waals surface area contributed by atoms with Gasteiger partial charge in [0.15, 0.2) is 0 Å². The molecule has 3 nitrogen and oxygen atoms in total. The van der Waals surface area contributed by atoms with Crippen LogP contribution in [-0.2, 0) is 17.6 Å². The Bertz CT molecular complexity index is 647. The average Bonchev–Trinajstić information content (AvgIpc) is 2.91. The van der Waals surface area contributed by atoms with E-state index in [0.29, 0.717) is 24.6 Å². The number of ether oxygens (including phenoxy) is 1. The molecule has 0 bridgehead atoms. The second kappa shape index (κ2) is 6.88. The van der Waals surface area contributed by atoms with E-state index in [9.17, 15) is 13.2 Å². The van der Waals surface area contributed by atoms with E-state index < -0.39 is 19.8 Å². The zero-order chi connectivity index (χ0) is 17.1. The maximum absolute atomic E-state index is 12.7. The molecule has 0 aliphatic heterocycles. The number of benzene rings is 1. The van der Waals surface area contributed by atoms with Crippen LogP contribution in [0.5, 0.6) is 0 Å². The van der Waals surface area contributed by atoms with E-state index in [1.807, 2.05) is 0 Å². The van der Waals surface area contributed by atoms with Crippen LogP contribution in [-0.4, -0.2) is 24.2 Å². The predicted octanol–water partition coefficient (Wildman–Crippen LogP) is 4.88. The Kier molecular flexibility index (Phi) is 5.31. The fraction of sp³-hybridized carbons (Fsp3) is 0.438. The van der Waals surface area contributed by atoms with Gasteiger partial charge >= 0.3 is 6.18 Å². The predicted molar refractivity (Wildman–Crippen MR) is 86.8 cm³/mol. The Labute approximate surface area is 135 Å². The van der Waals surface area contributed by atoms with Gasteiger partial charge in [0.05, 0.1) is 17.6 Å². The topological polar surface area (TPSA) is 27.1 Å². The molecule has 2 rings (SSSR count). The Morgan fingerprint density at radius 1 is 1.22 bits per heavy atom. The third-order valence-corrected chi connectivity index (χ3v) is 5.06. The molecule has 0 unspecified atom stereocenters. The summed E-state index contributed by atoms with van der Waals surface area (Å²) in [6.45, 7) is 7.88. The molecule has 0 aliphatic rings. The van der Waals surface area contributed by atoms with Crippen molar-refractivity contribution in [2.45, 2.75) is 38.6 Å². The molecule has 0 aliphatic carbocycles. The highest BCUT2D eigenvalue weighted by atomic mass is 28.3. The quantitative estimate of drug-likeness (QED) is 0.552. The van der Waals surface area contributed by atoms with Gasteiger partial charge in [-0.2, -0.15) is 13.2 Å². The van der Waals surface area contributed by atoms with Crippen LogP contribution in [0.1, 0.15) is 5.56 Å². The lowest BCUT2D eigenvalue weighted by Crippen LogP contribution is -2.21. The normalized spacial score (nSPS) is 12.6. The Morgan fingerprint density at radius 2 is 1.96 bits per heavy atom. The highest BCUT2D eigenvalue weighted by Crippen LogP contribution is 2.31. The monoisotopic (exact) mass is 342 g/mol. The van der Waals surface area contributed by atoms with Crippen LogP contribution in [0.25, 0.3) is 11.3 Å². The summed E-state index contributed by atoms with van der Waals surface area (Å²) in [6.07, 6.45) is -1.08. The lowest BCUT2D eigenvalue weighted by molar-refractivity contribution is -0.137. The molecule has 0 amide bonds. The minimum absolute atomic E-state index is 0.358. The van der Waals surface area contributed by atoms with Crippen molar-refractivity contribution in [2.24, 2.45) is 0 Å². The molecule has 1 aromatic heterocycles. The Hall–Kier alpha value is -1.60. The fourth-order valence-electron chi connectivity index (χ4n) is 1.98. The Morgan fingerprint density at radius 3 is 2.61 bits per heavy atom.